The fourth-order valence-corrected chi connectivity index (χ4v) is 3.49. The number of hydrogen-bond acceptors (Lipinski definition) is 1. The highest BCUT2D eigenvalue weighted by molar-refractivity contribution is 9.10. The summed E-state index contributed by atoms with van der Waals surface area (Å²) in [5.74, 6) is -0.983. The van der Waals surface area contributed by atoms with Crippen molar-refractivity contribution in [1.29, 1.82) is 0 Å². The second-order valence-corrected chi connectivity index (χ2v) is 6.43. The number of halogens is 3. The van der Waals surface area contributed by atoms with Crippen molar-refractivity contribution in [3.8, 4) is 0 Å². The van der Waals surface area contributed by atoms with E-state index in [1.54, 1.807) is 16.7 Å². The van der Waals surface area contributed by atoms with Gasteiger partial charge in [0, 0.05) is 11.9 Å². The zero-order chi connectivity index (χ0) is 15.9. The lowest BCUT2D eigenvalue weighted by Crippen LogP contribution is -2.10. The van der Waals surface area contributed by atoms with Crippen LogP contribution < -0.4 is 0 Å². The van der Waals surface area contributed by atoms with Crippen LogP contribution in [-0.2, 0) is 6.54 Å². The summed E-state index contributed by atoms with van der Waals surface area (Å²) >= 11 is 15.4. The van der Waals surface area contributed by atoms with Crippen LogP contribution in [0.1, 0.15) is 16.1 Å². The zero-order valence-corrected chi connectivity index (χ0v) is 14.3. The number of hydrogen-bond donors (Lipinski definition) is 1. The Bertz CT molecular complexity index is 889. The molecule has 0 radical (unpaired) electrons. The molecule has 0 unspecified atom stereocenters. The Labute approximate surface area is 145 Å². The summed E-state index contributed by atoms with van der Waals surface area (Å²) in [6.07, 6.45) is 0. The van der Waals surface area contributed by atoms with Crippen molar-refractivity contribution in [1.82, 2.24) is 4.57 Å². The molecule has 0 bridgehead atoms. The van der Waals surface area contributed by atoms with Gasteiger partial charge >= 0.3 is 5.97 Å². The van der Waals surface area contributed by atoms with Crippen LogP contribution in [0.4, 0.5) is 0 Å². The molecule has 0 aliphatic carbocycles. The van der Waals surface area contributed by atoms with E-state index < -0.39 is 5.97 Å². The molecule has 1 N–H and O–H groups in total. The number of benzene rings is 2. The fourth-order valence-electron chi connectivity index (χ4n) is 2.46. The van der Waals surface area contributed by atoms with Gasteiger partial charge in [-0.1, -0.05) is 47.5 Å². The molecule has 0 saturated heterocycles. The SMILES string of the molecule is O=C(O)c1c(Br)c2ccccc2n1Cc1ccc(Cl)c(Cl)c1. The van der Waals surface area contributed by atoms with Crippen molar-refractivity contribution in [2.45, 2.75) is 6.54 Å². The molecule has 3 aromatic rings. The van der Waals surface area contributed by atoms with Gasteiger partial charge in [0.2, 0.25) is 0 Å². The lowest BCUT2D eigenvalue weighted by Gasteiger charge is -2.09. The van der Waals surface area contributed by atoms with Crippen LogP contribution in [-0.4, -0.2) is 15.6 Å². The summed E-state index contributed by atoms with van der Waals surface area (Å²) < 4.78 is 2.33. The minimum atomic E-state index is -0.983. The van der Waals surface area contributed by atoms with E-state index in [0.717, 1.165) is 16.5 Å². The molecule has 0 saturated carbocycles. The molecule has 22 heavy (non-hydrogen) atoms. The Kier molecular flexibility index (Phi) is 4.17. The standard InChI is InChI=1S/C16H10BrCl2NO2/c17-14-10-3-1-2-4-13(10)20(15(14)16(21)22)8-9-5-6-11(18)12(19)7-9/h1-7H,8H2,(H,21,22). The van der Waals surface area contributed by atoms with Crippen molar-refractivity contribution >= 4 is 56.0 Å². The first-order valence-electron chi connectivity index (χ1n) is 6.43. The van der Waals surface area contributed by atoms with Gasteiger partial charge in [-0.15, -0.1) is 0 Å². The van der Waals surface area contributed by atoms with Gasteiger partial charge in [-0.3, -0.25) is 0 Å². The first-order chi connectivity index (χ1) is 10.5. The molecule has 2 aromatic carbocycles. The molecule has 0 fully saturated rings. The van der Waals surface area contributed by atoms with E-state index in [1.165, 1.54) is 0 Å². The predicted molar refractivity (Wildman–Crippen MR) is 92.2 cm³/mol. The highest BCUT2D eigenvalue weighted by atomic mass is 79.9. The van der Waals surface area contributed by atoms with Crippen LogP contribution in [0.3, 0.4) is 0 Å². The maximum absolute atomic E-state index is 11.6. The molecule has 0 atom stereocenters. The minimum Gasteiger partial charge on any atom is -0.477 e. The minimum absolute atomic E-state index is 0.215. The number of aromatic nitrogens is 1. The van der Waals surface area contributed by atoms with Gasteiger partial charge in [0.25, 0.3) is 0 Å². The van der Waals surface area contributed by atoms with Gasteiger partial charge in [-0.05, 0) is 39.7 Å². The summed E-state index contributed by atoms with van der Waals surface area (Å²) in [6.45, 7) is 0.393. The average Bonchev–Trinajstić information content (AvgIpc) is 2.76. The van der Waals surface area contributed by atoms with Gasteiger partial charge < -0.3 is 9.67 Å². The molecule has 112 valence electrons. The smallest absolute Gasteiger partial charge is 0.353 e. The third-order valence-corrected chi connectivity index (χ3v) is 4.98. The summed E-state index contributed by atoms with van der Waals surface area (Å²) in [5, 5.41) is 11.3. The highest BCUT2D eigenvalue weighted by Gasteiger charge is 2.20. The van der Waals surface area contributed by atoms with Crippen molar-refractivity contribution in [3.05, 3.63) is 68.2 Å². The van der Waals surface area contributed by atoms with E-state index in [9.17, 15) is 9.90 Å². The highest BCUT2D eigenvalue weighted by Crippen LogP contribution is 2.32. The molecule has 0 aliphatic heterocycles. The Hall–Kier alpha value is -1.49. The number of carbonyl (C=O) groups is 1. The summed E-state index contributed by atoms with van der Waals surface area (Å²) in [7, 11) is 0. The van der Waals surface area contributed by atoms with Gasteiger partial charge in [0.1, 0.15) is 5.69 Å². The van der Waals surface area contributed by atoms with Crippen LogP contribution in [0.2, 0.25) is 10.0 Å². The van der Waals surface area contributed by atoms with Crippen LogP contribution >= 0.6 is 39.1 Å². The van der Waals surface area contributed by atoms with E-state index in [1.807, 2.05) is 30.3 Å². The van der Waals surface area contributed by atoms with E-state index in [-0.39, 0.29) is 5.69 Å². The average molecular weight is 399 g/mol. The molecule has 1 aromatic heterocycles. The van der Waals surface area contributed by atoms with Crippen molar-refractivity contribution < 1.29 is 9.90 Å². The molecule has 3 nitrogen and oxygen atoms in total. The lowest BCUT2D eigenvalue weighted by molar-refractivity contribution is 0.0685. The van der Waals surface area contributed by atoms with Gasteiger partial charge in [0.05, 0.1) is 20.0 Å². The maximum Gasteiger partial charge on any atom is 0.353 e. The van der Waals surface area contributed by atoms with E-state index in [4.69, 9.17) is 23.2 Å². The predicted octanol–water partition coefficient (Wildman–Crippen LogP) is 5.46. The van der Waals surface area contributed by atoms with E-state index in [2.05, 4.69) is 15.9 Å². The zero-order valence-electron chi connectivity index (χ0n) is 11.2. The van der Waals surface area contributed by atoms with Crippen molar-refractivity contribution in [2.24, 2.45) is 0 Å². The molecule has 6 heteroatoms. The Morgan fingerprint density at radius 1 is 1.14 bits per heavy atom. The second kappa shape index (κ2) is 5.95. The third-order valence-electron chi connectivity index (χ3n) is 3.44. The molecule has 3 rings (SSSR count). The number of nitrogens with zero attached hydrogens (tertiary/aromatic N) is 1. The van der Waals surface area contributed by atoms with Crippen LogP contribution in [0.15, 0.2) is 46.9 Å². The van der Waals surface area contributed by atoms with Gasteiger partial charge in [0.15, 0.2) is 0 Å². The van der Waals surface area contributed by atoms with Gasteiger partial charge in [-0.2, -0.15) is 0 Å². The number of para-hydroxylation sites is 1. The number of carboxylic acids is 1. The Morgan fingerprint density at radius 3 is 2.55 bits per heavy atom. The van der Waals surface area contributed by atoms with E-state index >= 15 is 0 Å². The third kappa shape index (κ3) is 2.62. The molecular formula is C16H10BrCl2NO2. The quantitative estimate of drug-likeness (QED) is 0.636. The topological polar surface area (TPSA) is 42.2 Å². The molecule has 0 spiro atoms. The summed E-state index contributed by atoms with van der Waals surface area (Å²) in [4.78, 5) is 11.6. The summed E-state index contributed by atoms with van der Waals surface area (Å²) in [5.41, 5.74) is 1.94. The first-order valence-corrected chi connectivity index (χ1v) is 7.98. The van der Waals surface area contributed by atoms with Crippen LogP contribution in [0.25, 0.3) is 10.9 Å². The molecule has 0 aliphatic rings. The number of aromatic carboxylic acids is 1. The van der Waals surface area contributed by atoms with Gasteiger partial charge in [-0.25, -0.2) is 4.79 Å². The van der Waals surface area contributed by atoms with Crippen LogP contribution in [0, 0.1) is 0 Å². The molecule has 1 heterocycles. The maximum atomic E-state index is 11.6. The molecule has 0 amide bonds. The fraction of sp³-hybridized carbons (Fsp3) is 0.0625. The number of rotatable bonds is 3. The first kappa shape index (κ1) is 15.4. The monoisotopic (exact) mass is 397 g/mol. The Morgan fingerprint density at radius 2 is 1.86 bits per heavy atom. The van der Waals surface area contributed by atoms with Crippen molar-refractivity contribution in [3.63, 3.8) is 0 Å². The largest absolute Gasteiger partial charge is 0.477 e. The number of fused-ring (bicyclic) bond motifs is 1. The normalized spacial score (nSPS) is 11.0. The van der Waals surface area contributed by atoms with Crippen molar-refractivity contribution in [2.75, 3.05) is 0 Å². The Balaban J connectivity index is 2.18. The lowest BCUT2D eigenvalue weighted by atomic mass is 10.2. The molecular weight excluding hydrogens is 389 g/mol. The van der Waals surface area contributed by atoms with E-state index in [0.29, 0.717) is 21.1 Å². The number of carboxylic acid groups (broad SMARTS) is 1. The second-order valence-electron chi connectivity index (χ2n) is 4.82. The van der Waals surface area contributed by atoms with Crippen LogP contribution in [0.5, 0.6) is 0 Å². The summed E-state index contributed by atoms with van der Waals surface area (Å²) in [6, 6.07) is 12.8.